The molecule has 0 unspecified atom stereocenters. The van der Waals surface area contributed by atoms with E-state index in [1.807, 2.05) is 29.2 Å². The first-order valence-corrected chi connectivity index (χ1v) is 8.62. The normalized spacial score (nSPS) is 20.5. The van der Waals surface area contributed by atoms with Crippen LogP contribution in [-0.2, 0) is 0 Å². The number of carbonyl (C=O) groups excluding carboxylic acids is 1. The van der Waals surface area contributed by atoms with Crippen LogP contribution in [0, 0.1) is 5.92 Å². The third kappa shape index (κ3) is 4.24. The molecule has 0 aromatic heterocycles. The molecule has 0 aliphatic carbocycles. The van der Waals surface area contributed by atoms with E-state index in [1.165, 1.54) is 19.4 Å². The summed E-state index contributed by atoms with van der Waals surface area (Å²) in [5.41, 5.74) is 0.748. The summed E-state index contributed by atoms with van der Waals surface area (Å²) in [6.07, 6.45) is 2.57. The van der Waals surface area contributed by atoms with Gasteiger partial charge in [-0.2, -0.15) is 0 Å². The highest BCUT2D eigenvalue weighted by Crippen LogP contribution is 2.17. The number of amides is 1. The van der Waals surface area contributed by atoms with Crippen LogP contribution in [0.1, 0.15) is 23.2 Å². The highest BCUT2D eigenvalue weighted by molar-refractivity contribution is 5.94. The van der Waals surface area contributed by atoms with Crippen molar-refractivity contribution >= 4 is 5.91 Å². The number of ether oxygens (including phenoxy) is 1. The Morgan fingerprint density at radius 3 is 2.39 bits per heavy atom. The molecule has 1 aromatic rings. The van der Waals surface area contributed by atoms with Crippen LogP contribution in [0.5, 0.6) is 5.75 Å². The minimum Gasteiger partial charge on any atom is -0.497 e. The molecule has 2 heterocycles. The molecule has 0 radical (unpaired) electrons. The molecule has 0 spiro atoms. The lowest BCUT2D eigenvalue weighted by molar-refractivity contribution is 0.0608. The van der Waals surface area contributed by atoms with Crippen molar-refractivity contribution < 1.29 is 9.53 Å². The molecule has 1 aromatic carbocycles. The number of piperidine rings is 1. The lowest BCUT2D eigenvalue weighted by Crippen LogP contribution is -2.50. The fourth-order valence-electron chi connectivity index (χ4n) is 3.48. The number of rotatable bonds is 4. The predicted octanol–water partition coefficient (Wildman–Crippen LogP) is 1.45. The minimum atomic E-state index is 0.133. The van der Waals surface area contributed by atoms with Gasteiger partial charge in [0.05, 0.1) is 7.11 Å². The van der Waals surface area contributed by atoms with Gasteiger partial charge in [-0.15, -0.1) is 0 Å². The molecule has 126 valence electrons. The van der Waals surface area contributed by atoms with E-state index >= 15 is 0 Å². The summed E-state index contributed by atoms with van der Waals surface area (Å²) < 4.78 is 5.14. The number of hydrogen-bond donors (Lipinski definition) is 1. The van der Waals surface area contributed by atoms with E-state index in [4.69, 9.17) is 4.74 Å². The van der Waals surface area contributed by atoms with Gasteiger partial charge in [-0.1, -0.05) is 0 Å². The van der Waals surface area contributed by atoms with Gasteiger partial charge >= 0.3 is 0 Å². The van der Waals surface area contributed by atoms with Crippen LogP contribution in [0.25, 0.3) is 0 Å². The maximum absolute atomic E-state index is 12.6. The Morgan fingerprint density at radius 1 is 1.13 bits per heavy atom. The summed E-state index contributed by atoms with van der Waals surface area (Å²) in [5, 5.41) is 3.42. The van der Waals surface area contributed by atoms with Crippen molar-refractivity contribution in [3.05, 3.63) is 29.8 Å². The van der Waals surface area contributed by atoms with Crippen LogP contribution >= 0.6 is 0 Å². The van der Waals surface area contributed by atoms with E-state index in [0.29, 0.717) is 0 Å². The summed E-state index contributed by atoms with van der Waals surface area (Å²) >= 11 is 0. The first kappa shape index (κ1) is 16.3. The third-order valence-corrected chi connectivity index (χ3v) is 4.97. The van der Waals surface area contributed by atoms with E-state index in [-0.39, 0.29) is 5.91 Å². The van der Waals surface area contributed by atoms with Crippen molar-refractivity contribution in [1.82, 2.24) is 15.1 Å². The summed E-state index contributed by atoms with van der Waals surface area (Å²) in [4.78, 5) is 17.0. The maximum atomic E-state index is 12.6. The molecule has 0 saturated carbocycles. The number of nitrogens with one attached hydrogen (secondary N) is 1. The maximum Gasteiger partial charge on any atom is 0.253 e. The van der Waals surface area contributed by atoms with E-state index in [0.717, 1.165) is 56.5 Å². The second kappa shape index (κ2) is 7.79. The first-order chi connectivity index (χ1) is 11.3. The van der Waals surface area contributed by atoms with Crippen LogP contribution in [0.15, 0.2) is 24.3 Å². The van der Waals surface area contributed by atoms with E-state index in [2.05, 4.69) is 10.2 Å². The molecule has 2 aliphatic heterocycles. The Hall–Kier alpha value is -1.59. The molecule has 2 fully saturated rings. The van der Waals surface area contributed by atoms with Crippen molar-refractivity contribution in [2.24, 2.45) is 5.92 Å². The number of nitrogens with zero attached hydrogens (tertiary/aromatic N) is 2. The van der Waals surface area contributed by atoms with Crippen molar-refractivity contribution in [2.75, 3.05) is 52.9 Å². The Kier molecular flexibility index (Phi) is 5.51. The van der Waals surface area contributed by atoms with Gasteiger partial charge in [0.2, 0.25) is 0 Å². The molecule has 1 N–H and O–H groups in total. The van der Waals surface area contributed by atoms with Crippen LogP contribution in [0.2, 0.25) is 0 Å². The predicted molar refractivity (Wildman–Crippen MR) is 90.9 cm³/mol. The summed E-state index contributed by atoms with van der Waals surface area (Å²) in [6, 6.07) is 7.40. The lowest BCUT2D eigenvalue weighted by atomic mass is 9.97. The largest absolute Gasteiger partial charge is 0.497 e. The smallest absolute Gasteiger partial charge is 0.253 e. The molecule has 5 heteroatoms. The number of carbonyl (C=O) groups is 1. The van der Waals surface area contributed by atoms with Gasteiger partial charge in [0.1, 0.15) is 5.75 Å². The van der Waals surface area contributed by atoms with Crippen LogP contribution in [0.4, 0.5) is 0 Å². The van der Waals surface area contributed by atoms with Crippen molar-refractivity contribution in [2.45, 2.75) is 12.8 Å². The molecule has 23 heavy (non-hydrogen) atoms. The number of hydrogen-bond acceptors (Lipinski definition) is 4. The van der Waals surface area contributed by atoms with E-state index < -0.39 is 0 Å². The zero-order chi connectivity index (χ0) is 16.1. The Bertz CT molecular complexity index is 504. The summed E-state index contributed by atoms with van der Waals surface area (Å²) in [6.45, 7) is 7.14. The summed E-state index contributed by atoms with van der Waals surface area (Å²) in [5.74, 6) is 1.74. The topological polar surface area (TPSA) is 44.8 Å². The van der Waals surface area contributed by atoms with E-state index in [1.54, 1.807) is 7.11 Å². The minimum absolute atomic E-state index is 0.133. The van der Waals surface area contributed by atoms with Crippen molar-refractivity contribution in [1.29, 1.82) is 0 Å². The molecule has 1 amide bonds. The highest BCUT2D eigenvalue weighted by atomic mass is 16.5. The second-order valence-corrected chi connectivity index (χ2v) is 6.51. The zero-order valence-electron chi connectivity index (χ0n) is 14.0. The molecule has 2 saturated heterocycles. The zero-order valence-corrected chi connectivity index (χ0v) is 14.0. The molecule has 0 atom stereocenters. The number of piperazine rings is 1. The molecule has 3 rings (SSSR count). The standard InChI is InChI=1S/C18H27N3O2/c1-23-17-4-2-16(3-5-17)18(22)21-12-10-20(11-13-21)14-15-6-8-19-9-7-15/h2-5,15,19H,6-14H2,1H3. The molecule has 2 aliphatic rings. The van der Waals surface area contributed by atoms with Crippen LogP contribution in [0.3, 0.4) is 0 Å². The second-order valence-electron chi connectivity index (χ2n) is 6.51. The highest BCUT2D eigenvalue weighted by Gasteiger charge is 2.24. The first-order valence-electron chi connectivity index (χ1n) is 8.62. The quantitative estimate of drug-likeness (QED) is 0.913. The van der Waals surface area contributed by atoms with Crippen LogP contribution < -0.4 is 10.1 Å². The molecule has 0 bridgehead atoms. The average Bonchev–Trinajstić information content (AvgIpc) is 2.63. The molecular weight excluding hydrogens is 290 g/mol. The summed E-state index contributed by atoms with van der Waals surface area (Å²) in [7, 11) is 1.64. The number of benzene rings is 1. The van der Waals surface area contributed by atoms with Gasteiger partial charge in [-0.3, -0.25) is 9.69 Å². The Labute approximate surface area is 138 Å². The Balaban J connectivity index is 1.48. The van der Waals surface area contributed by atoms with Gasteiger partial charge in [0.15, 0.2) is 0 Å². The van der Waals surface area contributed by atoms with Gasteiger partial charge in [-0.25, -0.2) is 0 Å². The molecule has 5 nitrogen and oxygen atoms in total. The van der Waals surface area contributed by atoms with E-state index in [9.17, 15) is 4.79 Å². The van der Waals surface area contributed by atoms with Gasteiger partial charge in [0, 0.05) is 38.3 Å². The SMILES string of the molecule is COc1ccc(C(=O)N2CCN(CC3CCNCC3)CC2)cc1. The fourth-order valence-corrected chi connectivity index (χ4v) is 3.48. The van der Waals surface area contributed by atoms with Gasteiger partial charge < -0.3 is 15.0 Å². The van der Waals surface area contributed by atoms with Crippen molar-refractivity contribution in [3.63, 3.8) is 0 Å². The van der Waals surface area contributed by atoms with Crippen molar-refractivity contribution in [3.8, 4) is 5.75 Å². The molecular formula is C18H27N3O2. The van der Waals surface area contributed by atoms with Crippen LogP contribution in [-0.4, -0.2) is 68.6 Å². The fraction of sp³-hybridized carbons (Fsp3) is 0.611. The Morgan fingerprint density at radius 2 is 1.78 bits per heavy atom. The van der Waals surface area contributed by atoms with Gasteiger partial charge in [-0.05, 0) is 56.1 Å². The third-order valence-electron chi connectivity index (χ3n) is 4.97. The monoisotopic (exact) mass is 317 g/mol. The number of methoxy groups -OCH3 is 1. The lowest BCUT2D eigenvalue weighted by Gasteiger charge is -2.37. The van der Waals surface area contributed by atoms with Gasteiger partial charge in [0.25, 0.3) is 5.91 Å². The average molecular weight is 317 g/mol.